The molecule has 0 aromatic carbocycles. The van der Waals surface area contributed by atoms with E-state index in [1.807, 2.05) is 0 Å². The van der Waals surface area contributed by atoms with Gasteiger partial charge in [0.1, 0.15) is 5.54 Å². The Balaban J connectivity index is 2.12. The summed E-state index contributed by atoms with van der Waals surface area (Å²) < 4.78 is 5.31. The summed E-state index contributed by atoms with van der Waals surface area (Å²) in [4.78, 5) is 13.7. The molecule has 2 aliphatic heterocycles. The van der Waals surface area contributed by atoms with Gasteiger partial charge in [0.2, 0.25) is 5.91 Å². The molecule has 3 N–H and O–H groups in total. The fraction of sp³-hybridized carbons (Fsp3) is 0.889. The van der Waals surface area contributed by atoms with E-state index in [0.717, 1.165) is 32.6 Å². The van der Waals surface area contributed by atoms with Gasteiger partial charge in [-0.2, -0.15) is 0 Å². The topological polar surface area (TPSA) is 67.6 Å². The normalized spacial score (nSPS) is 34.6. The molecule has 2 heterocycles. The molecule has 2 rings (SSSR count). The molecule has 2 fully saturated rings. The predicted molar refractivity (Wildman–Crippen MR) is 51.8 cm³/mol. The lowest BCUT2D eigenvalue weighted by Crippen LogP contribution is -2.62. The summed E-state index contributed by atoms with van der Waals surface area (Å²) in [7, 11) is 0. The largest absolute Gasteiger partial charge is 0.379 e. The second-order valence-corrected chi connectivity index (χ2v) is 3.94. The van der Waals surface area contributed by atoms with E-state index < -0.39 is 5.54 Å². The Morgan fingerprint density at radius 2 is 2.14 bits per heavy atom. The van der Waals surface area contributed by atoms with Gasteiger partial charge in [-0.25, -0.2) is 0 Å². The SMILES string of the molecule is NC(=O)[C@@]1(N2CCNCC2)CCOC1. The molecule has 5 nitrogen and oxygen atoms in total. The molecule has 0 radical (unpaired) electrons. The molecule has 14 heavy (non-hydrogen) atoms. The van der Waals surface area contributed by atoms with Crippen molar-refractivity contribution in [1.29, 1.82) is 0 Å². The van der Waals surface area contributed by atoms with Crippen LogP contribution in [0.2, 0.25) is 0 Å². The molecule has 1 amide bonds. The molecule has 0 aliphatic carbocycles. The van der Waals surface area contributed by atoms with Crippen LogP contribution in [0.25, 0.3) is 0 Å². The standard InChI is InChI=1S/C9H17N3O2/c10-8(13)9(1-6-14-7-9)12-4-2-11-3-5-12/h11H,1-7H2,(H2,10,13)/t9-/m1/s1. The Morgan fingerprint density at radius 3 is 2.64 bits per heavy atom. The van der Waals surface area contributed by atoms with E-state index in [0.29, 0.717) is 13.2 Å². The summed E-state index contributed by atoms with van der Waals surface area (Å²) in [6.45, 7) is 4.72. The van der Waals surface area contributed by atoms with Crippen LogP contribution >= 0.6 is 0 Å². The first kappa shape index (κ1) is 9.89. The minimum atomic E-state index is -0.526. The van der Waals surface area contributed by atoms with Crippen molar-refractivity contribution in [2.45, 2.75) is 12.0 Å². The second-order valence-electron chi connectivity index (χ2n) is 3.94. The van der Waals surface area contributed by atoms with Crippen LogP contribution in [0.3, 0.4) is 0 Å². The number of primary amides is 1. The van der Waals surface area contributed by atoms with Crippen LogP contribution in [-0.4, -0.2) is 55.7 Å². The van der Waals surface area contributed by atoms with Crippen molar-refractivity contribution in [2.24, 2.45) is 5.73 Å². The molecule has 80 valence electrons. The number of hydrogen-bond acceptors (Lipinski definition) is 4. The monoisotopic (exact) mass is 199 g/mol. The number of hydrogen-bond donors (Lipinski definition) is 2. The number of nitrogens with one attached hydrogen (secondary N) is 1. The molecule has 0 aromatic heterocycles. The Hall–Kier alpha value is -0.650. The molecule has 0 bridgehead atoms. The van der Waals surface area contributed by atoms with Crippen LogP contribution in [0.1, 0.15) is 6.42 Å². The molecule has 1 atom stereocenters. The van der Waals surface area contributed by atoms with Crippen molar-refractivity contribution >= 4 is 5.91 Å². The quantitative estimate of drug-likeness (QED) is 0.570. The average Bonchev–Trinajstić information content (AvgIpc) is 2.69. The highest BCUT2D eigenvalue weighted by Gasteiger charge is 2.46. The third-order valence-corrected chi connectivity index (χ3v) is 3.18. The van der Waals surface area contributed by atoms with Gasteiger partial charge in [0.15, 0.2) is 0 Å². The summed E-state index contributed by atoms with van der Waals surface area (Å²) in [5.74, 6) is -0.239. The Labute approximate surface area is 83.6 Å². The van der Waals surface area contributed by atoms with Crippen LogP contribution < -0.4 is 11.1 Å². The minimum absolute atomic E-state index is 0.239. The van der Waals surface area contributed by atoms with Crippen molar-refractivity contribution in [3.05, 3.63) is 0 Å². The van der Waals surface area contributed by atoms with E-state index in [9.17, 15) is 4.79 Å². The Bertz CT molecular complexity index is 220. The molecule has 2 saturated heterocycles. The third-order valence-electron chi connectivity index (χ3n) is 3.18. The van der Waals surface area contributed by atoms with Gasteiger partial charge < -0.3 is 15.8 Å². The fourth-order valence-corrected chi connectivity index (χ4v) is 2.25. The van der Waals surface area contributed by atoms with Crippen molar-refractivity contribution in [1.82, 2.24) is 10.2 Å². The number of rotatable bonds is 2. The Morgan fingerprint density at radius 1 is 1.43 bits per heavy atom. The average molecular weight is 199 g/mol. The first-order valence-electron chi connectivity index (χ1n) is 5.09. The minimum Gasteiger partial charge on any atom is -0.379 e. The number of nitrogens with zero attached hydrogens (tertiary/aromatic N) is 1. The highest BCUT2D eigenvalue weighted by atomic mass is 16.5. The number of nitrogens with two attached hydrogens (primary N) is 1. The van der Waals surface area contributed by atoms with Crippen LogP contribution in [0.15, 0.2) is 0 Å². The molecule has 5 heteroatoms. The number of carbonyl (C=O) groups is 1. The van der Waals surface area contributed by atoms with Crippen molar-refractivity contribution in [2.75, 3.05) is 39.4 Å². The van der Waals surface area contributed by atoms with Crippen molar-refractivity contribution < 1.29 is 9.53 Å². The van der Waals surface area contributed by atoms with Gasteiger partial charge in [-0.15, -0.1) is 0 Å². The zero-order valence-corrected chi connectivity index (χ0v) is 8.29. The number of carbonyl (C=O) groups excluding carboxylic acids is 1. The molecule has 0 saturated carbocycles. The van der Waals surface area contributed by atoms with Gasteiger partial charge in [0.25, 0.3) is 0 Å². The van der Waals surface area contributed by atoms with Gasteiger partial charge in [0.05, 0.1) is 6.61 Å². The third kappa shape index (κ3) is 1.51. The zero-order chi connectivity index (χ0) is 10.0. The van der Waals surface area contributed by atoms with Gasteiger partial charge in [-0.3, -0.25) is 9.69 Å². The molecule has 0 spiro atoms. The fourth-order valence-electron chi connectivity index (χ4n) is 2.25. The van der Waals surface area contributed by atoms with Crippen LogP contribution in [0, 0.1) is 0 Å². The lowest BCUT2D eigenvalue weighted by atomic mass is 9.94. The predicted octanol–water partition coefficient (Wildman–Crippen LogP) is -1.46. The highest BCUT2D eigenvalue weighted by molar-refractivity contribution is 5.85. The van der Waals surface area contributed by atoms with Gasteiger partial charge in [0, 0.05) is 39.2 Å². The summed E-state index contributed by atoms with van der Waals surface area (Å²) in [5.41, 5.74) is 4.96. The second kappa shape index (κ2) is 3.84. The lowest BCUT2D eigenvalue weighted by molar-refractivity contribution is -0.131. The molecular formula is C9H17N3O2. The van der Waals surface area contributed by atoms with Gasteiger partial charge in [-0.05, 0) is 0 Å². The maximum atomic E-state index is 11.5. The maximum Gasteiger partial charge on any atom is 0.240 e. The molecule has 0 unspecified atom stereocenters. The molecular weight excluding hydrogens is 182 g/mol. The lowest BCUT2D eigenvalue weighted by Gasteiger charge is -2.40. The van der Waals surface area contributed by atoms with E-state index in [2.05, 4.69) is 10.2 Å². The smallest absolute Gasteiger partial charge is 0.240 e. The summed E-state index contributed by atoms with van der Waals surface area (Å²) in [6.07, 6.45) is 0.738. The Kier molecular flexibility index (Phi) is 2.71. The number of piperazine rings is 1. The molecule has 0 aromatic rings. The summed E-state index contributed by atoms with van der Waals surface area (Å²) in [5, 5.41) is 3.26. The number of ether oxygens (including phenoxy) is 1. The highest BCUT2D eigenvalue weighted by Crippen LogP contribution is 2.26. The maximum absolute atomic E-state index is 11.5. The van der Waals surface area contributed by atoms with E-state index in [-0.39, 0.29) is 5.91 Å². The van der Waals surface area contributed by atoms with E-state index in [1.165, 1.54) is 0 Å². The van der Waals surface area contributed by atoms with E-state index in [4.69, 9.17) is 10.5 Å². The van der Waals surface area contributed by atoms with Crippen LogP contribution in [0.4, 0.5) is 0 Å². The van der Waals surface area contributed by atoms with Gasteiger partial charge in [-0.1, -0.05) is 0 Å². The zero-order valence-electron chi connectivity index (χ0n) is 8.29. The summed E-state index contributed by atoms with van der Waals surface area (Å²) >= 11 is 0. The molecule has 2 aliphatic rings. The van der Waals surface area contributed by atoms with Gasteiger partial charge >= 0.3 is 0 Å². The van der Waals surface area contributed by atoms with Crippen molar-refractivity contribution in [3.63, 3.8) is 0 Å². The number of amides is 1. The van der Waals surface area contributed by atoms with Crippen LogP contribution in [-0.2, 0) is 9.53 Å². The van der Waals surface area contributed by atoms with E-state index in [1.54, 1.807) is 0 Å². The van der Waals surface area contributed by atoms with Crippen molar-refractivity contribution in [3.8, 4) is 0 Å². The van der Waals surface area contributed by atoms with E-state index >= 15 is 0 Å². The first-order valence-corrected chi connectivity index (χ1v) is 5.09. The summed E-state index contributed by atoms with van der Waals surface area (Å²) in [6, 6.07) is 0. The first-order chi connectivity index (χ1) is 6.76. The van der Waals surface area contributed by atoms with Crippen LogP contribution in [0.5, 0.6) is 0 Å².